The van der Waals surface area contributed by atoms with Gasteiger partial charge >= 0.3 is 0 Å². The highest BCUT2D eigenvalue weighted by Crippen LogP contribution is 2.54. The van der Waals surface area contributed by atoms with E-state index in [1.54, 1.807) is 0 Å². The molecule has 2 heterocycles. The molecule has 0 amide bonds. The summed E-state index contributed by atoms with van der Waals surface area (Å²) in [4.78, 5) is 0. The summed E-state index contributed by atoms with van der Waals surface area (Å²) < 4.78 is 492. The van der Waals surface area contributed by atoms with Crippen LogP contribution in [0.5, 0.6) is 0 Å². The van der Waals surface area contributed by atoms with Crippen molar-refractivity contribution in [2.24, 2.45) is 0 Å². The third-order valence-electron chi connectivity index (χ3n) is 16.1. The Balaban J connectivity index is 0.000000182. The number of benzene rings is 17. The molecule has 1 aliphatic rings. The van der Waals surface area contributed by atoms with E-state index in [1.807, 2.05) is 0 Å². The van der Waals surface area contributed by atoms with Gasteiger partial charge in [-0.15, -0.1) is 0 Å². The summed E-state index contributed by atoms with van der Waals surface area (Å²) in [5.41, 5.74) is -12.9. The fourth-order valence-electron chi connectivity index (χ4n) is 12.3. The number of furan rings is 2. The normalized spacial score (nSPS) is 22.2. The number of hydrogen-bond acceptors (Lipinski definition) is 2. The molecule has 19 aromatic rings. The molecular formula is C89H56O2. The van der Waals surface area contributed by atoms with E-state index in [1.165, 1.54) is 0 Å². The van der Waals surface area contributed by atoms with Crippen LogP contribution in [0.1, 0.15) is 97.6 Å². The maximum atomic E-state index is 9.97. The number of hydrogen-bond donors (Lipinski definition) is 0. The lowest BCUT2D eigenvalue weighted by Gasteiger charge is -2.23. The van der Waals surface area contributed by atoms with E-state index in [0.29, 0.717) is 0 Å². The summed E-state index contributed by atoms with van der Waals surface area (Å²) in [7, 11) is 0. The smallest absolute Gasteiger partial charge is 0.143 e. The highest BCUT2D eigenvalue weighted by Gasteiger charge is 2.36. The van der Waals surface area contributed by atoms with Crippen LogP contribution in [0, 0.1) is 0 Å². The zero-order valence-electron chi connectivity index (χ0n) is 98.8. The van der Waals surface area contributed by atoms with Crippen molar-refractivity contribution in [1.82, 2.24) is 0 Å². The Morgan fingerprint density at radius 2 is 0.626 bits per heavy atom. The van der Waals surface area contributed by atoms with Crippen molar-refractivity contribution in [2.45, 2.75) is 19.2 Å². The van der Waals surface area contributed by atoms with Crippen LogP contribution in [-0.4, -0.2) is 0 Å². The molecule has 20 rings (SSSR count). The lowest BCUT2D eigenvalue weighted by Crippen LogP contribution is -2.14. The van der Waals surface area contributed by atoms with Gasteiger partial charge in [0, 0.05) is 41.8 Å². The minimum Gasteiger partial charge on any atom is -0.455 e. The third kappa shape index (κ3) is 7.54. The molecule has 1 aliphatic carbocycles. The van der Waals surface area contributed by atoms with E-state index in [0.717, 1.165) is 6.92 Å². The van der Waals surface area contributed by atoms with Crippen LogP contribution in [0.2, 0.25) is 0 Å². The standard InChI is InChI=1S/C45H30O.C44H26O/c1-45(2)38-20-10-9-14-30(38)31-24-23-28(26-39(31)45)41-32-15-5-7-17-34(32)42(35-18-8-6-16-33(35)41)36-19-11-21-40-43(36)37-25-22-27-12-3-4-13-29(27)44(37)46-40;1-3-13-29-27(11-1)23-25-32-31(29)19-9-20-33(32)41-34-15-5-7-17-36(34)42(37-18-8-6-16-35(37)41)38-21-10-22-40-43(38)39-26-24-28-12-2-4-14-30(28)44(39)45-40/h3-26H,1-2H3;1-26H/i1D3,3D,4D,5D,6D,7D,8D,9D,10D,11D,12D,13D,14D,15D,16D,17D,18D,19D,20D,21D,22D,23D,24D,25D,26D;1D,2D,3D,4D,5D,6D,7D,8D,9D,10D,11D,12D,13D,14D,15D,16D,17D,18D,19D,20D,21D,22D,23D,24D,25D,26D. The van der Waals surface area contributed by atoms with Gasteiger partial charge < -0.3 is 8.83 Å². The Kier molecular flexibility index (Phi) is 4.68. The molecule has 1 unspecified atom stereocenters. The zero-order chi connectivity index (χ0) is 106. The van der Waals surface area contributed by atoms with Gasteiger partial charge in [-0.25, -0.2) is 0 Å². The number of rotatable bonds is 4. The van der Waals surface area contributed by atoms with Gasteiger partial charge in [0.05, 0.1) is 68.5 Å². The summed E-state index contributed by atoms with van der Waals surface area (Å²) in [6.07, 6.45) is 0. The van der Waals surface area contributed by atoms with Crippen LogP contribution >= 0.6 is 0 Å². The minimum absolute atomic E-state index is 0.447. The Morgan fingerprint density at radius 1 is 0.264 bits per heavy atom. The molecule has 424 valence electrons. The molecule has 0 radical (unpaired) electrons. The van der Waals surface area contributed by atoms with Crippen LogP contribution in [0.25, 0.3) is 186 Å². The van der Waals surface area contributed by atoms with Crippen molar-refractivity contribution in [3.05, 3.63) is 313 Å². The molecule has 1 atom stereocenters. The first-order valence-electron chi connectivity index (χ1n) is 53.8. The maximum absolute atomic E-state index is 9.97. The molecule has 2 heteroatoms. The van der Waals surface area contributed by atoms with Gasteiger partial charge in [0.25, 0.3) is 0 Å². The fourth-order valence-corrected chi connectivity index (χ4v) is 12.3. The van der Waals surface area contributed by atoms with Crippen molar-refractivity contribution < 1.29 is 81.5 Å². The van der Waals surface area contributed by atoms with E-state index in [9.17, 15) is 23.3 Å². The first-order chi connectivity index (χ1) is 67.0. The highest BCUT2D eigenvalue weighted by atomic mass is 16.3. The molecule has 0 aliphatic heterocycles. The predicted molar refractivity (Wildman–Crippen MR) is 387 cm³/mol. The Labute approximate surface area is 599 Å². The highest BCUT2D eigenvalue weighted by molar-refractivity contribution is 6.30. The molecule has 0 saturated carbocycles. The second kappa shape index (κ2) is 19.7. The largest absolute Gasteiger partial charge is 0.455 e. The van der Waals surface area contributed by atoms with E-state index >= 15 is 0 Å². The Hall–Kier alpha value is -11.6. The monoisotopic (exact) mass is 1210 g/mol. The lowest BCUT2D eigenvalue weighted by atomic mass is 9.80. The second-order valence-electron chi connectivity index (χ2n) is 20.9. The van der Waals surface area contributed by atoms with Crippen LogP contribution in [-0.2, 0) is 5.41 Å². The summed E-state index contributed by atoms with van der Waals surface area (Å²) in [5.74, 6) is 0. The van der Waals surface area contributed by atoms with E-state index in [2.05, 4.69) is 0 Å². The molecule has 2 nitrogen and oxygen atoms in total. The summed E-state index contributed by atoms with van der Waals surface area (Å²) in [5, 5.41) is -12.0. The lowest BCUT2D eigenvalue weighted by molar-refractivity contribution is 0.660. The maximum Gasteiger partial charge on any atom is 0.143 e. The van der Waals surface area contributed by atoms with Gasteiger partial charge in [0.2, 0.25) is 0 Å². The summed E-state index contributed by atoms with van der Waals surface area (Å²) in [6, 6.07) is -44.7. The van der Waals surface area contributed by atoms with E-state index < -0.39 is 511 Å². The quantitative estimate of drug-likeness (QED) is 0.130. The molecule has 0 fully saturated rings. The van der Waals surface area contributed by atoms with Crippen molar-refractivity contribution in [3.63, 3.8) is 0 Å². The average Bonchev–Trinajstić information content (AvgIpc) is 1.42. The molecule has 0 N–H and O–H groups in total. The van der Waals surface area contributed by atoms with Crippen LogP contribution in [0.15, 0.2) is 311 Å². The molecular weight excluding hydrogens is 1100 g/mol. The minimum atomic E-state index is -3.30. The third-order valence-corrected chi connectivity index (χ3v) is 16.1. The molecule has 2 aromatic heterocycles. The SMILES string of the molecule is [2H]c1c([2H])c(-c2c3c([2H])c([2H])c([2H])c([2H])c3c(-c3c([2H])c([2H])c([2H])c4c3c([2H])c([2H])c3c([2H])c([2H])c([2H])c([2H])c34)c3c([2H])c([2H])c([2H])c([2H])c23)c2c(oc3c4c([2H])c([2H])c([2H])c([2H])c4c([2H])c([2H])c32)c1[2H].[2H]c1c([2H])c([2H])c2c(c1[2H])-c1c([2H])c([2H])c(-c3c4c([2H])c([2H])c([2H])c([2H])c4c(-c4c([2H])c([2H])c([2H])c5oc6c7c([2H])c([2H])c([2H])c([2H])c7c([2H])c([2H])c6c45)c4c([2H])c([2H])c([2H])c([2H])c34)c([2H])c1C2(C)C([2H])([2H])[2H]. The molecule has 0 saturated heterocycles. The Bertz CT molecular complexity index is 9400. The molecule has 91 heavy (non-hydrogen) atoms. The zero-order valence-corrected chi connectivity index (χ0v) is 45.8. The van der Waals surface area contributed by atoms with Crippen molar-refractivity contribution in [1.29, 1.82) is 0 Å². The van der Waals surface area contributed by atoms with E-state index in [-0.39, 0.29) is 0 Å². The second-order valence-corrected chi connectivity index (χ2v) is 20.9. The van der Waals surface area contributed by atoms with Crippen molar-refractivity contribution >= 4 is 130 Å². The van der Waals surface area contributed by atoms with Gasteiger partial charge in [0.1, 0.15) is 22.3 Å². The van der Waals surface area contributed by atoms with Gasteiger partial charge in [-0.3, -0.25) is 0 Å². The van der Waals surface area contributed by atoms with Gasteiger partial charge in [-0.05, 0) is 172 Å². The first kappa shape index (κ1) is 21.6. The van der Waals surface area contributed by atoms with Crippen LogP contribution in [0.3, 0.4) is 0 Å². The van der Waals surface area contributed by atoms with Gasteiger partial charge in [-0.2, -0.15) is 0 Å². The predicted octanol–water partition coefficient (Wildman–Crippen LogP) is 25.4. The summed E-state index contributed by atoms with van der Waals surface area (Å²) in [6.45, 7) is -2.25. The van der Waals surface area contributed by atoms with Gasteiger partial charge in [-0.1, -0.05) is 286 Å². The molecule has 0 spiro atoms. The van der Waals surface area contributed by atoms with Crippen molar-refractivity contribution in [3.8, 4) is 55.6 Å². The van der Waals surface area contributed by atoms with E-state index in [4.69, 9.17) is 58.2 Å². The topological polar surface area (TPSA) is 26.3 Å². The van der Waals surface area contributed by atoms with Crippen molar-refractivity contribution in [2.75, 3.05) is 0 Å². The van der Waals surface area contributed by atoms with Crippen LogP contribution in [0.4, 0.5) is 0 Å². The molecule has 17 aromatic carbocycles. The van der Waals surface area contributed by atoms with Crippen LogP contribution < -0.4 is 0 Å². The average molecular weight is 1210 g/mol. The molecule has 0 bridgehead atoms. The number of fused-ring (bicyclic) bond motifs is 20. The fraction of sp³-hybridized carbons (Fsp3) is 0.0337. The first-order valence-corrected chi connectivity index (χ1v) is 27.3. The summed E-state index contributed by atoms with van der Waals surface area (Å²) >= 11 is 0. The Morgan fingerprint density at radius 3 is 1.13 bits per heavy atom. The van der Waals surface area contributed by atoms with Gasteiger partial charge in [0.15, 0.2) is 0 Å².